The van der Waals surface area contributed by atoms with Crippen LogP contribution in [0.5, 0.6) is 5.75 Å². The number of hydrogen-bond donors (Lipinski definition) is 2. The number of para-hydroxylation sites is 1. The molecule has 0 saturated carbocycles. The van der Waals surface area contributed by atoms with Crippen LogP contribution >= 0.6 is 0 Å². The fourth-order valence-electron chi connectivity index (χ4n) is 3.39. The fourth-order valence-corrected chi connectivity index (χ4v) is 3.39. The van der Waals surface area contributed by atoms with E-state index in [2.05, 4.69) is 20.4 Å². The van der Waals surface area contributed by atoms with Gasteiger partial charge in [0.15, 0.2) is 5.65 Å². The molecule has 0 spiro atoms. The lowest BCUT2D eigenvalue weighted by molar-refractivity contribution is 0.306. The van der Waals surface area contributed by atoms with Gasteiger partial charge in [0.2, 0.25) is 5.95 Å². The maximum Gasteiger partial charge on any atom is 0.263 e. The highest BCUT2D eigenvalue weighted by Gasteiger charge is 2.11. The average Bonchev–Trinajstić information content (AvgIpc) is 3.28. The number of anilines is 1. The van der Waals surface area contributed by atoms with Gasteiger partial charge in [0.1, 0.15) is 17.7 Å². The van der Waals surface area contributed by atoms with Gasteiger partial charge >= 0.3 is 0 Å². The van der Waals surface area contributed by atoms with E-state index in [-0.39, 0.29) is 5.56 Å². The van der Waals surface area contributed by atoms with Crippen molar-refractivity contribution in [1.29, 1.82) is 0 Å². The van der Waals surface area contributed by atoms with Gasteiger partial charge in [-0.05, 0) is 35.4 Å². The van der Waals surface area contributed by atoms with Crippen molar-refractivity contribution in [2.75, 3.05) is 5.32 Å². The molecule has 0 aliphatic carbocycles. The molecule has 0 atom stereocenters. The van der Waals surface area contributed by atoms with Crippen molar-refractivity contribution in [3.63, 3.8) is 0 Å². The predicted molar refractivity (Wildman–Crippen MR) is 124 cm³/mol. The third-order valence-corrected chi connectivity index (χ3v) is 5.07. The Morgan fingerprint density at radius 1 is 0.875 bits per heavy atom. The van der Waals surface area contributed by atoms with Gasteiger partial charge in [0.05, 0.1) is 11.9 Å². The second-order valence-corrected chi connectivity index (χ2v) is 7.32. The number of aromatic amines is 1. The van der Waals surface area contributed by atoms with E-state index in [1.54, 1.807) is 4.68 Å². The van der Waals surface area contributed by atoms with Crippen LogP contribution in [0.15, 0.2) is 95.9 Å². The van der Waals surface area contributed by atoms with E-state index < -0.39 is 0 Å². The van der Waals surface area contributed by atoms with Crippen molar-refractivity contribution >= 4 is 17.0 Å². The summed E-state index contributed by atoms with van der Waals surface area (Å²) in [6.45, 7) is 1.03. The van der Waals surface area contributed by atoms with Gasteiger partial charge in [-0.15, -0.1) is 0 Å². The molecular formula is C25H21N5O2. The van der Waals surface area contributed by atoms with Crippen LogP contribution in [0.4, 0.5) is 5.95 Å². The first kappa shape index (κ1) is 19.6. The number of fused-ring (bicyclic) bond motifs is 1. The lowest BCUT2D eigenvalue weighted by Gasteiger charge is -2.09. The predicted octanol–water partition coefficient (Wildman–Crippen LogP) is 4.30. The molecule has 158 valence electrons. The van der Waals surface area contributed by atoms with E-state index in [1.165, 1.54) is 6.20 Å². The molecule has 2 heterocycles. The molecule has 2 N–H and O–H groups in total. The van der Waals surface area contributed by atoms with E-state index in [0.717, 1.165) is 22.6 Å². The molecule has 0 bridgehead atoms. The van der Waals surface area contributed by atoms with E-state index in [4.69, 9.17) is 4.74 Å². The first-order chi connectivity index (χ1) is 15.8. The first-order valence-corrected chi connectivity index (χ1v) is 10.3. The van der Waals surface area contributed by atoms with E-state index in [0.29, 0.717) is 30.1 Å². The van der Waals surface area contributed by atoms with Crippen LogP contribution in [0.3, 0.4) is 0 Å². The summed E-state index contributed by atoms with van der Waals surface area (Å²) in [5.41, 5.74) is 3.28. The first-order valence-electron chi connectivity index (χ1n) is 10.3. The minimum absolute atomic E-state index is 0.232. The highest BCUT2D eigenvalue weighted by atomic mass is 16.5. The van der Waals surface area contributed by atoms with Crippen LogP contribution in [-0.2, 0) is 13.2 Å². The highest BCUT2D eigenvalue weighted by molar-refractivity contribution is 5.76. The number of aromatic nitrogens is 4. The lowest BCUT2D eigenvalue weighted by Crippen LogP contribution is -2.13. The highest BCUT2D eigenvalue weighted by Crippen LogP contribution is 2.17. The molecule has 3 aromatic carbocycles. The van der Waals surface area contributed by atoms with E-state index >= 15 is 0 Å². The Morgan fingerprint density at radius 3 is 2.34 bits per heavy atom. The van der Waals surface area contributed by atoms with Crippen LogP contribution in [0.1, 0.15) is 11.1 Å². The number of hydrogen-bond acceptors (Lipinski definition) is 5. The molecule has 0 fully saturated rings. The molecule has 0 saturated heterocycles. The summed E-state index contributed by atoms with van der Waals surface area (Å²) in [7, 11) is 0. The van der Waals surface area contributed by atoms with Gasteiger partial charge in [-0.2, -0.15) is 10.1 Å². The molecule has 7 heteroatoms. The van der Waals surface area contributed by atoms with Gasteiger partial charge in [-0.25, -0.2) is 4.68 Å². The third kappa shape index (κ3) is 4.22. The number of nitrogens with one attached hydrogen (secondary N) is 2. The van der Waals surface area contributed by atoms with Crippen LogP contribution in [0.25, 0.3) is 16.7 Å². The number of benzene rings is 3. The SMILES string of the molecule is O=c1[nH]c(NCc2ccc(OCc3ccccc3)cc2)nc2c1cnn2-c1ccccc1. The fraction of sp³-hybridized carbons (Fsp3) is 0.0800. The maximum absolute atomic E-state index is 12.5. The van der Waals surface area contributed by atoms with Crippen LogP contribution < -0.4 is 15.6 Å². The molecule has 0 aliphatic heterocycles. The normalized spacial score (nSPS) is 10.9. The van der Waals surface area contributed by atoms with Gasteiger partial charge < -0.3 is 10.1 Å². The Labute approximate surface area is 184 Å². The van der Waals surface area contributed by atoms with Crippen LogP contribution in [-0.4, -0.2) is 19.7 Å². The van der Waals surface area contributed by atoms with E-state index in [1.807, 2.05) is 84.9 Å². The van der Waals surface area contributed by atoms with Gasteiger partial charge in [0, 0.05) is 6.54 Å². The Morgan fingerprint density at radius 2 is 1.59 bits per heavy atom. The van der Waals surface area contributed by atoms with Crippen molar-refractivity contribution < 1.29 is 4.74 Å². The second kappa shape index (κ2) is 8.77. The summed E-state index contributed by atoms with van der Waals surface area (Å²) in [6, 6.07) is 27.5. The zero-order valence-corrected chi connectivity index (χ0v) is 17.2. The quantitative estimate of drug-likeness (QED) is 0.408. The van der Waals surface area contributed by atoms with Crippen molar-refractivity contribution in [2.24, 2.45) is 0 Å². The minimum Gasteiger partial charge on any atom is -0.489 e. The summed E-state index contributed by atoms with van der Waals surface area (Å²) in [4.78, 5) is 19.8. The van der Waals surface area contributed by atoms with Gasteiger partial charge in [-0.3, -0.25) is 9.78 Å². The van der Waals surface area contributed by atoms with Crippen molar-refractivity contribution in [2.45, 2.75) is 13.2 Å². The summed E-state index contributed by atoms with van der Waals surface area (Å²) in [5, 5.41) is 7.96. The number of rotatable bonds is 7. The second-order valence-electron chi connectivity index (χ2n) is 7.32. The third-order valence-electron chi connectivity index (χ3n) is 5.07. The molecule has 5 rings (SSSR count). The molecule has 32 heavy (non-hydrogen) atoms. The molecule has 0 radical (unpaired) electrons. The Kier molecular flexibility index (Phi) is 5.36. The molecule has 7 nitrogen and oxygen atoms in total. The monoisotopic (exact) mass is 423 g/mol. The molecule has 2 aromatic heterocycles. The van der Waals surface area contributed by atoms with Crippen LogP contribution in [0.2, 0.25) is 0 Å². The minimum atomic E-state index is -0.232. The molecule has 5 aromatic rings. The maximum atomic E-state index is 12.5. The zero-order valence-electron chi connectivity index (χ0n) is 17.2. The average molecular weight is 423 g/mol. The number of nitrogens with zero attached hydrogens (tertiary/aromatic N) is 3. The summed E-state index contributed by atoms with van der Waals surface area (Å²) in [5.74, 6) is 1.20. The van der Waals surface area contributed by atoms with Crippen molar-refractivity contribution in [1.82, 2.24) is 19.7 Å². The zero-order chi connectivity index (χ0) is 21.8. The largest absolute Gasteiger partial charge is 0.489 e. The van der Waals surface area contributed by atoms with Gasteiger partial charge in [0.25, 0.3) is 5.56 Å². The molecular weight excluding hydrogens is 402 g/mol. The molecule has 0 unspecified atom stereocenters. The standard InChI is InChI=1S/C25H21N5O2/c31-24-22-16-27-30(20-9-5-2-6-10-20)23(22)28-25(29-24)26-15-18-11-13-21(14-12-18)32-17-19-7-3-1-4-8-19/h1-14,16H,15,17H2,(H2,26,28,29,31). The van der Waals surface area contributed by atoms with Crippen molar-refractivity contribution in [3.8, 4) is 11.4 Å². The van der Waals surface area contributed by atoms with Crippen molar-refractivity contribution in [3.05, 3.63) is 113 Å². The summed E-state index contributed by atoms with van der Waals surface area (Å²) < 4.78 is 7.49. The lowest BCUT2D eigenvalue weighted by atomic mass is 10.2. The number of ether oxygens (including phenoxy) is 1. The Hall–Kier alpha value is -4.39. The molecule has 0 aliphatic rings. The summed E-state index contributed by atoms with van der Waals surface area (Å²) in [6.07, 6.45) is 1.53. The summed E-state index contributed by atoms with van der Waals surface area (Å²) >= 11 is 0. The van der Waals surface area contributed by atoms with Gasteiger partial charge in [-0.1, -0.05) is 60.7 Å². The Bertz CT molecular complexity index is 1380. The number of H-pyrrole nitrogens is 1. The molecule has 0 amide bonds. The van der Waals surface area contributed by atoms with E-state index in [9.17, 15) is 4.79 Å². The topological polar surface area (TPSA) is 84.8 Å². The van der Waals surface area contributed by atoms with Crippen LogP contribution in [0, 0.1) is 0 Å². The smallest absolute Gasteiger partial charge is 0.263 e. The Balaban J connectivity index is 1.28.